The molecule has 3 aliphatic rings. The third kappa shape index (κ3) is 4.71. The Kier molecular flexibility index (Phi) is 6.33. The van der Waals surface area contributed by atoms with Crippen LogP contribution in [0.3, 0.4) is 0 Å². The van der Waals surface area contributed by atoms with Gasteiger partial charge < -0.3 is 25.2 Å². The first-order chi connectivity index (χ1) is 15.3. The van der Waals surface area contributed by atoms with E-state index in [2.05, 4.69) is 10.6 Å². The van der Waals surface area contributed by atoms with Gasteiger partial charge in [-0.05, 0) is 19.3 Å². The van der Waals surface area contributed by atoms with Gasteiger partial charge in [-0.3, -0.25) is 9.69 Å². The zero-order valence-electron chi connectivity index (χ0n) is 17.9. The molecule has 1 aromatic rings. The van der Waals surface area contributed by atoms with E-state index >= 15 is 0 Å². The molecule has 3 heterocycles. The van der Waals surface area contributed by atoms with Crippen LogP contribution in [0.2, 0.25) is 0 Å². The molecule has 4 amide bonds. The second-order valence-electron chi connectivity index (χ2n) is 8.39. The lowest BCUT2D eigenvalue weighted by Gasteiger charge is -2.23. The topological polar surface area (TPSA) is 94.2 Å². The number of cyclic esters (lactones) is 1. The van der Waals surface area contributed by atoms with E-state index < -0.39 is 23.8 Å². The van der Waals surface area contributed by atoms with Gasteiger partial charge in [0.15, 0.2) is 11.6 Å². The summed E-state index contributed by atoms with van der Waals surface area (Å²) in [4.78, 5) is 39.9. The van der Waals surface area contributed by atoms with Crippen LogP contribution in [0.1, 0.15) is 26.2 Å². The highest BCUT2D eigenvalue weighted by Gasteiger charge is 2.35. The monoisotopic (exact) mass is 451 g/mol. The Morgan fingerprint density at radius 2 is 1.81 bits per heavy atom. The number of rotatable bonds is 5. The molecule has 174 valence electrons. The Balaban J connectivity index is 1.40. The van der Waals surface area contributed by atoms with E-state index in [4.69, 9.17) is 4.74 Å². The van der Waals surface area contributed by atoms with Crippen LogP contribution in [0.15, 0.2) is 12.1 Å². The molecule has 0 aliphatic carbocycles. The highest BCUT2D eigenvalue weighted by molar-refractivity contribution is 5.90. The fourth-order valence-corrected chi connectivity index (χ4v) is 4.37. The van der Waals surface area contributed by atoms with Crippen LogP contribution < -0.4 is 20.4 Å². The van der Waals surface area contributed by atoms with Gasteiger partial charge in [-0.25, -0.2) is 18.4 Å². The molecule has 0 spiro atoms. The van der Waals surface area contributed by atoms with Crippen molar-refractivity contribution in [2.45, 2.75) is 38.3 Å². The van der Waals surface area contributed by atoms with E-state index in [1.54, 1.807) is 9.80 Å². The van der Waals surface area contributed by atoms with Crippen molar-refractivity contribution in [2.75, 3.05) is 49.1 Å². The zero-order valence-corrected chi connectivity index (χ0v) is 17.9. The number of anilines is 2. The minimum Gasteiger partial charge on any atom is -0.442 e. The maximum Gasteiger partial charge on any atom is 0.414 e. The molecular formula is C21H27F2N5O4. The molecule has 0 bridgehead atoms. The quantitative estimate of drug-likeness (QED) is 0.712. The smallest absolute Gasteiger partial charge is 0.414 e. The van der Waals surface area contributed by atoms with Gasteiger partial charge in [-0.2, -0.15) is 0 Å². The van der Waals surface area contributed by atoms with E-state index in [1.807, 2.05) is 0 Å². The minimum absolute atomic E-state index is 0.0529. The fraction of sp³-hybridized carbons (Fsp3) is 0.571. The summed E-state index contributed by atoms with van der Waals surface area (Å²) in [6.45, 7) is 3.72. The van der Waals surface area contributed by atoms with E-state index in [-0.39, 0.29) is 42.4 Å². The van der Waals surface area contributed by atoms with Gasteiger partial charge in [0.2, 0.25) is 5.91 Å². The number of amides is 4. The summed E-state index contributed by atoms with van der Waals surface area (Å²) in [5.41, 5.74) is -0.119. The van der Waals surface area contributed by atoms with Crippen LogP contribution in [0.5, 0.6) is 0 Å². The lowest BCUT2D eigenvalue weighted by atomic mass is 10.2. The number of ether oxygens (including phenoxy) is 1. The molecular weight excluding hydrogens is 424 g/mol. The predicted molar refractivity (Wildman–Crippen MR) is 113 cm³/mol. The number of halogens is 2. The Morgan fingerprint density at radius 1 is 1.12 bits per heavy atom. The molecule has 2 N–H and O–H groups in total. The van der Waals surface area contributed by atoms with Crippen molar-refractivity contribution in [1.29, 1.82) is 0 Å². The van der Waals surface area contributed by atoms with E-state index in [0.717, 1.165) is 43.0 Å². The molecule has 4 rings (SSSR count). The first-order valence-corrected chi connectivity index (χ1v) is 10.8. The number of carbonyl (C=O) groups excluding carboxylic acids is 3. The van der Waals surface area contributed by atoms with Crippen molar-refractivity contribution >= 4 is 29.4 Å². The first kappa shape index (κ1) is 22.1. The van der Waals surface area contributed by atoms with Crippen molar-refractivity contribution < 1.29 is 27.9 Å². The van der Waals surface area contributed by atoms with Gasteiger partial charge in [0.25, 0.3) is 0 Å². The van der Waals surface area contributed by atoms with Crippen molar-refractivity contribution in [3.05, 3.63) is 23.8 Å². The number of urea groups is 1. The second-order valence-corrected chi connectivity index (χ2v) is 8.39. The molecule has 11 heteroatoms. The average molecular weight is 451 g/mol. The largest absolute Gasteiger partial charge is 0.442 e. The van der Waals surface area contributed by atoms with Gasteiger partial charge in [0.05, 0.1) is 18.8 Å². The third-order valence-electron chi connectivity index (χ3n) is 5.99. The maximum atomic E-state index is 14.9. The molecule has 3 saturated heterocycles. The van der Waals surface area contributed by atoms with Crippen molar-refractivity contribution in [3.8, 4) is 0 Å². The summed E-state index contributed by atoms with van der Waals surface area (Å²) in [7, 11) is 0. The number of nitrogens with one attached hydrogen (secondary N) is 2. The van der Waals surface area contributed by atoms with E-state index in [0.29, 0.717) is 19.5 Å². The Hall–Kier alpha value is -3.11. The van der Waals surface area contributed by atoms with Gasteiger partial charge in [0, 0.05) is 51.3 Å². The average Bonchev–Trinajstić information content (AvgIpc) is 3.47. The summed E-state index contributed by atoms with van der Waals surface area (Å²) in [5.74, 6) is -1.84. The van der Waals surface area contributed by atoms with Gasteiger partial charge in [0.1, 0.15) is 11.8 Å². The number of hydrogen-bond donors (Lipinski definition) is 2. The standard InChI is InChI=1S/C21H27F2N5O4/c1-13(29)24-10-16-12-28(21(31)32-16)15-8-17(22)19(18(23)9-15)27-7-4-14(11-27)25-20(30)26-5-2-3-6-26/h8-9,14,16H,2-7,10-12H2,1H3,(H,24,29)(H,25,30)/t14?,16-/m0/s1. The molecule has 0 saturated carbocycles. The zero-order chi connectivity index (χ0) is 22.8. The molecule has 32 heavy (non-hydrogen) atoms. The summed E-state index contributed by atoms with van der Waals surface area (Å²) >= 11 is 0. The predicted octanol–water partition coefficient (Wildman–Crippen LogP) is 1.81. The normalized spacial score (nSPS) is 23.0. The molecule has 3 aliphatic heterocycles. The van der Waals surface area contributed by atoms with E-state index in [9.17, 15) is 23.2 Å². The van der Waals surface area contributed by atoms with Gasteiger partial charge >= 0.3 is 12.1 Å². The summed E-state index contributed by atoms with van der Waals surface area (Å²) in [6, 6.07) is 1.89. The molecule has 3 fully saturated rings. The van der Waals surface area contributed by atoms with Crippen molar-refractivity contribution in [3.63, 3.8) is 0 Å². The van der Waals surface area contributed by atoms with Crippen LogP contribution in [0, 0.1) is 11.6 Å². The maximum absolute atomic E-state index is 14.9. The molecule has 1 aromatic carbocycles. The summed E-state index contributed by atoms with van der Waals surface area (Å²) in [5, 5.41) is 5.50. The van der Waals surface area contributed by atoms with Crippen LogP contribution >= 0.6 is 0 Å². The third-order valence-corrected chi connectivity index (χ3v) is 5.99. The SMILES string of the molecule is CC(=O)NC[C@H]1CN(c2cc(F)c(N3CCC(NC(=O)N4CCCC4)C3)c(F)c2)C(=O)O1. The Labute approximate surface area is 184 Å². The van der Waals surface area contributed by atoms with Gasteiger partial charge in [-0.1, -0.05) is 0 Å². The molecule has 2 atom stereocenters. The van der Waals surface area contributed by atoms with Crippen LogP contribution in [-0.4, -0.2) is 74.3 Å². The molecule has 1 unspecified atom stereocenters. The molecule has 9 nitrogen and oxygen atoms in total. The number of hydrogen-bond acceptors (Lipinski definition) is 5. The Bertz CT molecular complexity index is 885. The van der Waals surface area contributed by atoms with E-state index in [1.165, 1.54) is 6.92 Å². The lowest BCUT2D eigenvalue weighted by molar-refractivity contribution is -0.119. The van der Waals surface area contributed by atoms with Crippen molar-refractivity contribution in [1.82, 2.24) is 15.5 Å². The summed E-state index contributed by atoms with van der Waals surface area (Å²) < 4.78 is 35.0. The van der Waals surface area contributed by atoms with Gasteiger partial charge in [-0.15, -0.1) is 0 Å². The van der Waals surface area contributed by atoms with Crippen LogP contribution in [0.4, 0.5) is 29.7 Å². The number of benzene rings is 1. The first-order valence-electron chi connectivity index (χ1n) is 10.8. The van der Waals surface area contributed by atoms with Crippen molar-refractivity contribution in [2.24, 2.45) is 0 Å². The number of nitrogens with zero attached hydrogens (tertiary/aromatic N) is 3. The number of likely N-dealkylation sites (tertiary alicyclic amines) is 1. The lowest BCUT2D eigenvalue weighted by Crippen LogP contribution is -2.44. The highest BCUT2D eigenvalue weighted by atomic mass is 19.1. The second kappa shape index (κ2) is 9.17. The highest BCUT2D eigenvalue weighted by Crippen LogP contribution is 2.32. The fourth-order valence-electron chi connectivity index (χ4n) is 4.37. The molecule has 0 aromatic heterocycles. The Morgan fingerprint density at radius 3 is 2.47 bits per heavy atom. The number of carbonyl (C=O) groups is 3. The minimum atomic E-state index is -0.787. The van der Waals surface area contributed by atoms with Crippen LogP contribution in [0.25, 0.3) is 0 Å². The van der Waals surface area contributed by atoms with Crippen LogP contribution in [-0.2, 0) is 9.53 Å². The summed E-state index contributed by atoms with van der Waals surface area (Å²) in [6.07, 6.45) is 1.24. The molecule has 0 radical (unpaired) electrons.